The van der Waals surface area contributed by atoms with E-state index in [0.717, 1.165) is 49.2 Å². The van der Waals surface area contributed by atoms with Gasteiger partial charge in [-0.05, 0) is 46.2 Å². The van der Waals surface area contributed by atoms with Gasteiger partial charge in [0.25, 0.3) is 5.78 Å². The number of fused-ring (bicyclic) bond motifs is 1. The van der Waals surface area contributed by atoms with Crippen LogP contribution in [0.2, 0.25) is 0 Å². The summed E-state index contributed by atoms with van der Waals surface area (Å²) in [6.07, 6.45) is 4.36. The van der Waals surface area contributed by atoms with E-state index in [1.54, 1.807) is 4.52 Å². The topological polar surface area (TPSA) is 79.1 Å². The maximum Gasteiger partial charge on any atom is 0.310 e. The van der Waals surface area contributed by atoms with Crippen molar-refractivity contribution in [1.82, 2.24) is 29.4 Å². The molecule has 4 heterocycles. The highest BCUT2D eigenvalue weighted by Gasteiger charge is 2.27. The summed E-state index contributed by atoms with van der Waals surface area (Å²) in [5.74, 6) is 2.03. The summed E-state index contributed by atoms with van der Waals surface area (Å²) in [5, 5.41) is 4.40. The third-order valence-corrected chi connectivity index (χ3v) is 6.24. The summed E-state index contributed by atoms with van der Waals surface area (Å²) in [7, 11) is 2.23. The zero-order valence-corrected chi connectivity index (χ0v) is 18.4. The predicted molar refractivity (Wildman–Crippen MR) is 115 cm³/mol. The van der Waals surface area contributed by atoms with E-state index in [1.807, 2.05) is 13.8 Å². The van der Waals surface area contributed by atoms with E-state index >= 15 is 0 Å². The largest absolute Gasteiger partial charge is 0.466 e. The fraction of sp³-hybridized carbons (Fsp3) is 0.714. The Labute approximate surface area is 178 Å². The average Bonchev–Trinajstić information content (AvgIpc) is 3.17. The molecule has 9 heteroatoms. The maximum atomic E-state index is 12.2. The van der Waals surface area contributed by atoms with Gasteiger partial charge in [0.2, 0.25) is 0 Å². The second-order valence-electron chi connectivity index (χ2n) is 8.51. The molecule has 0 amide bonds. The number of rotatable bonds is 6. The van der Waals surface area contributed by atoms with Crippen LogP contribution in [0.1, 0.15) is 31.0 Å². The van der Waals surface area contributed by atoms with Crippen LogP contribution < -0.4 is 4.90 Å². The number of esters is 1. The van der Waals surface area contributed by atoms with Crippen LogP contribution in [0.25, 0.3) is 5.78 Å². The number of anilines is 1. The van der Waals surface area contributed by atoms with Gasteiger partial charge in [-0.1, -0.05) is 0 Å². The van der Waals surface area contributed by atoms with Gasteiger partial charge in [-0.15, -0.1) is 0 Å². The van der Waals surface area contributed by atoms with Crippen LogP contribution in [-0.4, -0.2) is 94.8 Å². The van der Waals surface area contributed by atoms with Gasteiger partial charge in [-0.2, -0.15) is 14.6 Å². The molecule has 0 radical (unpaired) electrons. The zero-order valence-electron chi connectivity index (χ0n) is 18.4. The number of hydrogen-bond donors (Lipinski definition) is 0. The highest BCUT2D eigenvalue weighted by atomic mass is 16.5. The van der Waals surface area contributed by atoms with Crippen LogP contribution in [0.15, 0.2) is 6.33 Å². The maximum absolute atomic E-state index is 12.2. The molecule has 0 saturated carbocycles. The molecule has 2 aromatic rings. The molecule has 164 valence electrons. The van der Waals surface area contributed by atoms with Crippen LogP contribution in [0.4, 0.5) is 5.82 Å². The van der Waals surface area contributed by atoms with Crippen molar-refractivity contribution in [3.8, 4) is 0 Å². The second kappa shape index (κ2) is 9.26. The monoisotopic (exact) mass is 415 g/mol. The summed E-state index contributed by atoms with van der Waals surface area (Å²) in [5.41, 5.74) is 1.69. The number of piperazine rings is 1. The van der Waals surface area contributed by atoms with Gasteiger partial charge >= 0.3 is 5.97 Å². The molecule has 0 aromatic carbocycles. The number of ether oxygens (including phenoxy) is 1. The number of aryl methyl sites for hydroxylation is 1. The molecule has 0 N–H and O–H groups in total. The number of hydrogen-bond acceptors (Lipinski definition) is 8. The first-order chi connectivity index (χ1) is 14.5. The van der Waals surface area contributed by atoms with Crippen molar-refractivity contribution in [2.45, 2.75) is 33.1 Å². The Morgan fingerprint density at radius 2 is 2.03 bits per heavy atom. The Kier molecular flexibility index (Phi) is 6.48. The number of aromatic nitrogens is 4. The lowest BCUT2D eigenvalue weighted by Crippen LogP contribution is -2.50. The molecule has 0 bridgehead atoms. The standard InChI is InChI=1S/C21H33N7O2/c1-4-30-19(29)12-18-16(2)24-21-22-15-23-28(21)20(18)27-10-8-26(9-11-27)14-17-6-5-7-25(3)13-17/h15,17H,4-14H2,1-3H3/t17-/m1/s1. The fourth-order valence-electron chi connectivity index (χ4n) is 4.79. The Morgan fingerprint density at radius 1 is 1.23 bits per heavy atom. The molecule has 9 nitrogen and oxygen atoms in total. The van der Waals surface area contributed by atoms with Crippen LogP contribution in [0, 0.1) is 12.8 Å². The number of likely N-dealkylation sites (tertiary alicyclic amines) is 1. The molecule has 2 aliphatic rings. The van der Waals surface area contributed by atoms with Crippen molar-refractivity contribution < 1.29 is 9.53 Å². The van der Waals surface area contributed by atoms with Crippen LogP contribution in [0.5, 0.6) is 0 Å². The third kappa shape index (κ3) is 4.57. The van der Waals surface area contributed by atoms with Crippen molar-refractivity contribution in [2.75, 3.05) is 64.4 Å². The summed E-state index contributed by atoms with van der Waals surface area (Å²) in [4.78, 5) is 28.4. The predicted octanol–water partition coefficient (Wildman–Crippen LogP) is 1.00. The molecule has 0 unspecified atom stereocenters. The molecule has 2 aliphatic heterocycles. The first kappa shape index (κ1) is 21.0. The molecule has 2 fully saturated rings. The summed E-state index contributed by atoms with van der Waals surface area (Å²) < 4.78 is 6.98. The molecular formula is C21H33N7O2. The van der Waals surface area contributed by atoms with Crippen LogP contribution in [0.3, 0.4) is 0 Å². The molecular weight excluding hydrogens is 382 g/mol. The van der Waals surface area contributed by atoms with Gasteiger partial charge in [0.15, 0.2) is 0 Å². The second-order valence-corrected chi connectivity index (χ2v) is 8.51. The zero-order chi connectivity index (χ0) is 21.1. The van der Waals surface area contributed by atoms with Gasteiger partial charge < -0.3 is 14.5 Å². The average molecular weight is 416 g/mol. The van der Waals surface area contributed by atoms with E-state index in [4.69, 9.17) is 4.74 Å². The smallest absolute Gasteiger partial charge is 0.310 e. The SMILES string of the molecule is CCOC(=O)Cc1c(C)nc2ncnn2c1N1CCN(C[C@@H]2CCCN(C)C2)CC1. The van der Waals surface area contributed by atoms with Gasteiger partial charge in [-0.25, -0.2) is 4.98 Å². The van der Waals surface area contributed by atoms with Crippen molar-refractivity contribution in [1.29, 1.82) is 0 Å². The van der Waals surface area contributed by atoms with Gasteiger partial charge in [-0.3, -0.25) is 9.69 Å². The van der Waals surface area contributed by atoms with Crippen molar-refractivity contribution >= 4 is 17.6 Å². The lowest BCUT2D eigenvalue weighted by Gasteiger charge is -2.39. The lowest BCUT2D eigenvalue weighted by atomic mass is 9.97. The van der Waals surface area contributed by atoms with Crippen LogP contribution in [-0.2, 0) is 16.0 Å². The summed E-state index contributed by atoms with van der Waals surface area (Å²) >= 11 is 0. The number of nitrogens with zero attached hydrogens (tertiary/aromatic N) is 7. The van der Waals surface area contributed by atoms with Gasteiger partial charge in [0, 0.05) is 50.5 Å². The normalized spacial score (nSPS) is 21.3. The Morgan fingerprint density at radius 3 is 2.77 bits per heavy atom. The lowest BCUT2D eigenvalue weighted by molar-refractivity contribution is -0.142. The van der Waals surface area contributed by atoms with E-state index < -0.39 is 0 Å². The van der Waals surface area contributed by atoms with E-state index in [1.165, 1.54) is 38.8 Å². The molecule has 2 saturated heterocycles. The van der Waals surface area contributed by atoms with Crippen molar-refractivity contribution in [2.24, 2.45) is 5.92 Å². The minimum absolute atomic E-state index is 0.201. The van der Waals surface area contributed by atoms with Crippen molar-refractivity contribution in [3.63, 3.8) is 0 Å². The summed E-state index contributed by atoms with van der Waals surface area (Å²) in [6.45, 7) is 11.6. The third-order valence-electron chi connectivity index (χ3n) is 6.24. The van der Waals surface area contributed by atoms with E-state index in [2.05, 4.69) is 36.8 Å². The Bertz CT molecular complexity index is 876. The first-order valence-corrected chi connectivity index (χ1v) is 11.1. The Balaban J connectivity index is 1.50. The Hall–Kier alpha value is -2.26. The molecule has 0 aliphatic carbocycles. The number of carbonyl (C=O) groups excluding carboxylic acids is 1. The quantitative estimate of drug-likeness (QED) is 0.647. The van der Waals surface area contributed by atoms with E-state index in [9.17, 15) is 4.79 Å². The summed E-state index contributed by atoms with van der Waals surface area (Å²) in [6, 6.07) is 0. The molecule has 30 heavy (non-hydrogen) atoms. The number of piperidine rings is 1. The minimum atomic E-state index is -0.233. The highest BCUT2D eigenvalue weighted by Crippen LogP contribution is 2.26. The van der Waals surface area contributed by atoms with Gasteiger partial charge in [0.1, 0.15) is 12.1 Å². The molecule has 2 aromatic heterocycles. The van der Waals surface area contributed by atoms with E-state index in [-0.39, 0.29) is 12.4 Å². The highest BCUT2D eigenvalue weighted by molar-refractivity contribution is 5.75. The van der Waals surface area contributed by atoms with Crippen molar-refractivity contribution in [3.05, 3.63) is 17.6 Å². The molecule has 1 atom stereocenters. The first-order valence-electron chi connectivity index (χ1n) is 11.1. The van der Waals surface area contributed by atoms with Gasteiger partial charge in [0.05, 0.1) is 13.0 Å². The number of carbonyl (C=O) groups is 1. The van der Waals surface area contributed by atoms with Crippen LogP contribution >= 0.6 is 0 Å². The fourth-order valence-corrected chi connectivity index (χ4v) is 4.79. The minimum Gasteiger partial charge on any atom is -0.466 e. The molecule has 0 spiro atoms. The van der Waals surface area contributed by atoms with E-state index in [0.29, 0.717) is 12.4 Å². The molecule has 4 rings (SSSR count).